The fourth-order valence-corrected chi connectivity index (χ4v) is 1.82. The lowest BCUT2D eigenvalue weighted by Crippen LogP contribution is -2.25. The van der Waals surface area contributed by atoms with Gasteiger partial charge in [-0.3, -0.25) is 18.9 Å². The summed E-state index contributed by atoms with van der Waals surface area (Å²) in [6, 6.07) is 6.15. The van der Waals surface area contributed by atoms with Gasteiger partial charge in [0.15, 0.2) is 4.77 Å². The van der Waals surface area contributed by atoms with Gasteiger partial charge in [-0.1, -0.05) is 0 Å². The van der Waals surface area contributed by atoms with Crippen molar-refractivity contribution in [3.05, 3.63) is 45.0 Å². The lowest BCUT2D eigenvalue weighted by Gasteiger charge is -2.08. The van der Waals surface area contributed by atoms with E-state index in [1.807, 2.05) is 0 Å². The number of hydrogen-bond acceptors (Lipinski definition) is 5. The van der Waals surface area contributed by atoms with Gasteiger partial charge in [-0.15, -0.1) is 0 Å². The summed E-state index contributed by atoms with van der Waals surface area (Å²) in [4.78, 5) is 16.1. The average molecular weight is 291 g/mol. The first-order valence-corrected chi connectivity index (χ1v) is 6.14. The van der Waals surface area contributed by atoms with Crippen molar-refractivity contribution >= 4 is 24.1 Å². The number of aromatic hydroxyl groups is 2. The summed E-state index contributed by atoms with van der Waals surface area (Å²) in [5.74, 6) is -0.106. The van der Waals surface area contributed by atoms with Crippen molar-refractivity contribution < 1.29 is 10.2 Å². The predicted octanol–water partition coefficient (Wildman–Crippen LogP) is 1.62. The molecule has 1 heterocycles. The number of phenols is 1. The summed E-state index contributed by atoms with van der Waals surface area (Å²) in [5.41, 5.74) is 0.180. The molecule has 0 saturated heterocycles. The van der Waals surface area contributed by atoms with Crippen LogP contribution in [0.2, 0.25) is 0 Å². The number of aromatic nitrogens is 2. The van der Waals surface area contributed by atoms with E-state index in [4.69, 9.17) is 12.2 Å². The summed E-state index contributed by atoms with van der Waals surface area (Å²) in [6.45, 7) is 0. The first-order valence-electron chi connectivity index (χ1n) is 5.74. The van der Waals surface area contributed by atoms with E-state index in [1.165, 1.54) is 34.5 Å². The third-order valence-electron chi connectivity index (χ3n) is 2.86. The quantitative estimate of drug-likeness (QED) is 0.651. The van der Waals surface area contributed by atoms with Crippen LogP contribution in [0.4, 0.5) is 5.69 Å². The minimum absolute atomic E-state index is 0.0525. The molecule has 104 valence electrons. The molecule has 0 aliphatic carbocycles. The highest BCUT2D eigenvalue weighted by molar-refractivity contribution is 7.71. The molecule has 7 heteroatoms. The zero-order valence-electron chi connectivity index (χ0n) is 10.9. The normalized spacial score (nSPS) is 11.1. The molecule has 0 fully saturated rings. The molecule has 0 amide bonds. The summed E-state index contributed by atoms with van der Waals surface area (Å²) in [6.07, 6.45) is 1.28. The van der Waals surface area contributed by atoms with Crippen LogP contribution in [0.5, 0.6) is 11.6 Å². The van der Waals surface area contributed by atoms with Crippen molar-refractivity contribution in [1.29, 1.82) is 0 Å². The van der Waals surface area contributed by atoms with E-state index in [0.717, 1.165) is 0 Å². The average Bonchev–Trinajstić information content (AvgIpc) is 2.45. The standard InChI is InChI=1S/C13H13N3O3S/c1-15-11(18)10(12(19)16(2)13(15)20)7-14-8-3-5-9(17)6-4-8/h3-7,17-18H,1-2H3. The van der Waals surface area contributed by atoms with Gasteiger partial charge < -0.3 is 10.2 Å². The molecule has 1 aromatic carbocycles. The topological polar surface area (TPSA) is 79.8 Å². The molecule has 1 aromatic heterocycles. The van der Waals surface area contributed by atoms with Crippen molar-refractivity contribution in [2.24, 2.45) is 19.1 Å². The molecule has 0 spiro atoms. The van der Waals surface area contributed by atoms with Crippen LogP contribution in [0, 0.1) is 4.77 Å². The lowest BCUT2D eigenvalue weighted by molar-refractivity contribution is 0.415. The van der Waals surface area contributed by atoms with Gasteiger partial charge in [-0.05, 0) is 36.5 Å². The van der Waals surface area contributed by atoms with Crippen LogP contribution in [0.25, 0.3) is 0 Å². The van der Waals surface area contributed by atoms with Crippen molar-refractivity contribution in [3.63, 3.8) is 0 Å². The molecule has 0 atom stereocenters. The number of benzene rings is 1. The molecule has 6 nitrogen and oxygen atoms in total. The Bertz CT molecular complexity index is 788. The zero-order valence-corrected chi connectivity index (χ0v) is 11.8. The minimum Gasteiger partial charge on any atom is -0.508 e. The van der Waals surface area contributed by atoms with Crippen LogP contribution < -0.4 is 5.56 Å². The molecular weight excluding hydrogens is 278 g/mol. The largest absolute Gasteiger partial charge is 0.508 e. The van der Waals surface area contributed by atoms with Crippen molar-refractivity contribution in [2.75, 3.05) is 0 Å². The zero-order chi connectivity index (χ0) is 14.9. The molecule has 2 rings (SSSR count). The number of rotatable bonds is 2. The highest BCUT2D eigenvalue weighted by Gasteiger charge is 2.10. The van der Waals surface area contributed by atoms with E-state index in [-0.39, 0.29) is 22.0 Å². The van der Waals surface area contributed by atoms with Crippen LogP contribution in [-0.4, -0.2) is 25.6 Å². The molecule has 0 aliphatic heterocycles. The van der Waals surface area contributed by atoms with Crippen LogP contribution in [0.3, 0.4) is 0 Å². The third kappa shape index (κ3) is 2.48. The SMILES string of the molecule is Cn1c(O)c(C=Nc2ccc(O)cc2)c(=O)n(C)c1=S. The van der Waals surface area contributed by atoms with Crippen molar-refractivity contribution in [2.45, 2.75) is 0 Å². The number of aliphatic imine (C=N–C) groups is 1. The molecule has 20 heavy (non-hydrogen) atoms. The fourth-order valence-electron chi connectivity index (χ4n) is 1.65. The van der Waals surface area contributed by atoms with Crippen LogP contribution >= 0.6 is 12.2 Å². The summed E-state index contributed by atoms with van der Waals surface area (Å²) in [5, 5.41) is 19.1. The Balaban J connectivity index is 2.52. The lowest BCUT2D eigenvalue weighted by atomic mass is 10.3. The summed E-state index contributed by atoms with van der Waals surface area (Å²) < 4.78 is 2.80. The van der Waals surface area contributed by atoms with E-state index in [0.29, 0.717) is 5.69 Å². The van der Waals surface area contributed by atoms with E-state index < -0.39 is 5.56 Å². The van der Waals surface area contributed by atoms with Crippen molar-refractivity contribution in [1.82, 2.24) is 9.13 Å². The Morgan fingerprint density at radius 2 is 1.75 bits per heavy atom. The van der Waals surface area contributed by atoms with Gasteiger partial charge in [-0.25, -0.2) is 0 Å². The van der Waals surface area contributed by atoms with Crippen LogP contribution in [0.15, 0.2) is 34.1 Å². The molecular formula is C13H13N3O3S. The van der Waals surface area contributed by atoms with E-state index in [9.17, 15) is 15.0 Å². The molecule has 0 saturated carbocycles. The Kier molecular flexibility index (Phi) is 3.71. The molecule has 2 N–H and O–H groups in total. The molecule has 0 unspecified atom stereocenters. The van der Waals surface area contributed by atoms with E-state index in [2.05, 4.69) is 4.99 Å². The summed E-state index contributed by atoms with van der Waals surface area (Å²) in [7, 11) is 3.09. The van der Waals surface area contributed by atoms with Gasteiger partial charge >= 0.3 is 0 Å². The maximum absolute atomic E-state index is 12.0. The predicted molar refractivity (Wildman–Crippen MR) is 78.5 cm³/mol. The van der Waals surface area contributed by atoms with Gasteiger partial charge in [0.05, 0.1) is 5.69 Å². The third-order valence-corrected chi connectivity index (χ3v) is 3.41. The Morgan fingerprint density at radius 3 is 2.35 bits per heavy atom. The highest BCUT2D eigenvalue weighted by atomic mass is 32.1. The fraction of sp³-hybridized carbons (Fsp3) is 0.154. The first-order chi connectivity index (χ1) is 9.41. The van der Waals surface area contributed by atoms with Crippen LogP contribution in [-0.2, 0) is 14.1 Å². The second kappa shape index (κ2) is 5.30. The molecule has 0 aliphatic rings. The van der Waals surface area contributed by atoms with Gasteiger partial charge in [-0.2, -0.15) is 0 Å². The maximum atomic E-state index is 12.0. The first kappa shape index (κ1) is 14.0. The summed E-state index contributed by atoms with van der Waals surface area (Å²) >= 11 is 5.01. The Hall–Kier alpha value is -2.41. The second-order valence-corrected chi connectivity index (χ2v) is 4.58. The molecule has 0 bridgehead atoms. The molecule has 2 aromatic rings. The smallest absolute Gasteiger partial charge is 0.266 e. The maximum Gasteiger partial charge on any atom is 0.266 e. The number of phenolic OH excluding ortho intramolecular Hbond substituents is 1. The van der Waals surface area contributed by atoms with Crippen molar-refractivity contribution in [3.8, 4) is 11.6 Å². The van der Waals surface area contributed by atoms with Gasteiger partial charge in [0.2, 0.25) is 5.88 Å². The minimum atomic E-state index is -0.423. The van der Waals surface area contributed by atoms with Gasteiger partial charge in [0.25, 0.3) is 5.56 Å². The van der Waals surface area contributed by atoms with Gasteiger partial charge in [0.1, 0.15) is 11.3 Å². The number of hydrogen-bond donors (Lipinski definition) is 2. The Labute approximate surface area is 119 Å². The molecule has 0 radical (unpaired) electrons. The van der Waals surface area contributed by atoms with Crippen LogP contribution in [0.1, 0.15) is 5.56 Å². The number of nitrogens with zero attached hydrogens (tertiary/aromatic N) is 3. The Morgan fingerprint density at radius 1 is 1.15 bits per heavy atom. The van der Waals surface area contributed by atoms with E-state index >= 15 is 0 Å². The second-order valence-electron chi connectivity index (χ2n) is 4.22. The highest BCUT2D eigenvalue weighted by Crippen LogP contribution is 2.17. The van der Waals surface area contributed by atoms with Gasteiger partial charge in [0, 0.05) is 20.3 Å². The monoisotopic (exact) mass is 291 g/mol. The van der Waals surface area contributed by atoms with E-state index in [1.54, 1.807) is 19.2 Å².